The third kappa shape index (κ3) is 5.43. The summed E-state index contributed by atoms with van der Waals surface area (Å²) in [6.45, 7) is 0. The number of carboxylic acid groups (broad SMARTS) is 1. The number of nitrogens with zero attached hydrogens (tertiary/aromatic N) is 1. The summed E-state index contributed by atoms with van der Waals surface area (Å²) in [5, 5.41) is 31.1. The number of aliphatic hydroxyl groups excluding tert-OH is 1. The number of aliphatic carboxylic acids is 1. The van der Waals surface area contributed by atoms with E-state index in [1.165, 1.54) is 18.2 Å². The zero-order valence-electron chi connectivity index (χ0n) is 12.8. The van der Waals surface area contributed by atoms with Crippen LogP contribution in [0.1, 0.15) is 5.56 Å². The fraction of sp³-hybridized carbons (Fsp3) is 0.188. The molecule has 0 aromatic heterocycles. The van der Waals surface area contributed by atoms with Crippen LogP contribution in [0.4, 0.5) is 5.69 Å². The van der Waals surface area contributed by atoms with Gasteiger partial charge in [-0.2, -0.15) is 0 Å². The van der Waals surface area contributed by atoms with E-state index in [0.29, 0.717) is 5.02 Å². The van der Waals surface area contributed by atoms with Crippen molar-refractivity contribution >= 4 is 35.2 Å². The van der Waals surface area contributed by atoms with E-state index in [2.05, 4.69) is 4.72 Å². The highest BCUT2D eigenvalue weighted by atomic mass is 35.5. The molecule has 2 atom stereocenters. The van der Waals surface area contributed by atoms with Gasteiger partial charge in [0.1, 0.15) is 10.9 Å². The van der Waals surface area contributed by atoms with Crippen LogP contribution in [0.2, 0.25) is 5.02 Å². The highest BCUT2D eigenvalue weighted by molar-refractivity contribution is 7.97. The Morgan fingerprint density at radius 3 is 2.48 bits per heavy atom. The summed E-state index contributed by atoms with van der Waals surface area (Å²) in [5.74, 6) is -1.26. The lowest BCUT2D eigenvalue weighted by atomic mass is 10.0. The Labute approximate surface area is 152 Å². The third-order valence-electron chi connectivity index (χ3n) is 3.37. The van der Waals surface area contributed by atoms with Crippen molar-refractivity contribution in [1.29, 1.82) is 0 Å². The molecular weight excluding hydrogens is 368 g/mol. The molecule has 0 aliphatic carbocycles. The second kappa shape index (κ2) is 8.82. The minimum absolute atomic E-state index is 0.0958. The molecule has 25 heavy (non-hydrogen) atoms. The van der Waals surface area contributed by atoms with Crippen LogP contribution in [0, 0.1) is 10.1 Å². The zero-order chi connectivity index (χ0) is 18.4. The van der Waals surface area contributed by atoms with E-state index in [4.69, 9.17) is 11.6 Å². The second-order valence-electron chi connectivity index (χ2n) is 5.16. The molecule has 0 aliphatic heterocycles. The van der Waals surface area contributed by atoms with Crippen molar-refractivity contribution in [2.75, 3.05) is 0 Å². The Bertz CT molecular complexity index is 756. The summed E-state index contributed by atoms with van der Waals surface area (Å²) in [5.41, 5.74) is 0.581. The predicted molar refractivity (Wildman–Crippen MR) is 94.7 cm³/mol. The van der Waals surface area contributed by atoms with Gasteiger partial charge in [0.2, 0.25) is 0 Å². The average Bonchev–Trinajstić information content (AvgIpc) is 2.57. The van der Waals surface area contributed by atoms with Gasteiger partial charge in [-0.15, -0.1) is 0 Å². The smallest absolute Gasteiger partial charge is 0.324 e. The minimum Gasteiger partial charge on any atom is -0.480 e. The van der Waals surface area contributed by atoms with E-state index in [-0.39, 0.29) is 17.0 Å². The first-order valence-corrected chi connectivity index (χ1v) is 8.39. The van der Waals surface area contributed by atoms with E-state index in [0.717, 1.165) is 17.5 Å². The van der Waals surface area contributed by atoms with Gasteiger partial charge in [0.05, 0.1) is 11.0 Å². The van der Waals surface area contributed by atoms with Crippen LogP contribution in [0.5, 0.6) is 0 Å². The van der Waals surface area contributed by atoms with Crippen LogP contribution in [-0.2, 0) is 11.2 Å². The fourth-order valence-electron chi connectivity index (χ4n) is 2.09. The molecule has 132 valence electrons. The van der Waals surface area contributed by atoms with E-state index >= 15 is 0 Å². The van der Waals surface area contributed by atoms with Crippen LogP contribution in [0.25, 0.3) is 0 Å². The van der Waals surface area contributed by atoms with Gasteiger partial charge in [0, 0.05) is 17.5 Å². The van der Waals surface area contributed by atoms with Crippen molar-refractivity contribution in [1.82, 2.24) is 4.72 Å². The van der Waals surface area contributed by atoms with Crippen LogP contribution in [-0.4, -0.2) is 33.3 Å². The van der Waals surface area contributed by atoms with Crippen molar-refractivity contribution in [2.45, 2.75) is 23.5 Å². The maximum Gasteiger partial charge on any atom is 0.324 e. The van der Waals surface area contributed by atoms with E-state index in [9.17, 15) is 25.1 Å². The molecule has 0 saturated heterocycles. The number of carbonyl (C=O) groups is 1. The van der Waals surface area contributed by atoms with Gasteiger partial charge in [-0.3, -0.25) is 14.9 Å². The summed E-state index contributed by atoms with van der Waals surface area (Å²) in [6, 6.07) is 11.3. The van der Waals surface area contributed by atoms with Gasteiger partial charge in [0.25, 0.3) is 5.69 Å². The van der Waals surface area contributed by atoms with E-state index < -0.39 is 23.0 Å². The van der Waals surface area contributed by atoms with Gasteiger partial charge in [-0.1, -0.05) is 35.9 Å². The predicted octanol–water partition coefficient (Wildman–Crippen LogP) is 2.90. The summed E-state index contributed by atoms with van der Waals surface area (Å²) in [7, 11) is 0. The first kappa shape index (κ1) is 19.2. The number of nitrogens with one attached hydrogen (secondary N) is 1. The van der Waals surface area contributed by atoms with Crippen LogP contribution in [0.3, 0.4) is 0 Å². The van der Waals surface area contributed by atoms with Crippen molar-refractivity contribution in [3.8, 4) is 0 Å². The number of halogens is 1. The molecule has 0 bridgehead atoms. The first-order valence-electron chi connectivity index (χ1n) is 7.19. The summed E-state index contributed by atoms with van der Waals surface area (Å²) in [4.78, 5) is 22.1. The lowest BCUT2D eigenvalue weighted by molar-refractivity contribution is -0.387. The standard InChI is InChI=1S/C16H15ClN2O5S/c17-11-7-5-10(6-8-11)9-13(20)15(16(21)22)18-25-14-4-2-1-3-12(14)19(23)24/h1-8,13,15,18,20H,9H2,(H,21,22)/t13-,15+/m1/s1. The maximum atomic E-state index is 11.4. The number of nitro benzene ring substituents is 1. The maximum absolute atomic E-state index is 11.4. The van der Waals surface area contributed by atoms with Gasteiger partial charge in [-0.05, 0) is 35.7 Å². The van der Waals surface area contributed by atoms with Crippen LogP contribution < -0.4 is 4.72 Å². The largest absolute Gasteiger partial charge is 0.480 e. The van der Waals surface area contributed by atoms with Crippen LogP contribution >= 0.6 is 23.5 Å². The quantitative estimate of drug-likeness (QED) is 0.365. The highest BCUT2D eigenvalue weighted by Crippen LogP contribution is 2.27. The Hall–Kier alpha value is -2.13. The molecule has 0 radical (unpaired) electrons. The number of rotatable bonds is 8. The molecule has 2 rings (SSSR count). The number of aliphatic hydroxyl groups is 1. The van der Waals surface area contributed by atoms with Gasteiger partial charge >= 0.3 is 5.97 Å². The monoisotopic (exact) mass is 382 g/mol. The van der Waals surface area contributed by atoms with Crippen molar-refractivity contribution < 1.29 is 19.9 Å². The molecule has 0 aliphatic rings. The molecule has 0 fully saturated rings. The average molecular weight is 383 g/mol. The molecule has 0 unspecified atom stereocenters. The normalized spacial score (nSPS) is 13.2. The third-order valence-corrected chi connectivity index (χ3v) is 4.56. The second-order valence-corrected chi connectivity index (χ2v) is 6.47. The number of hydrogen-bond donors (Lipinski definition) is 3. The fourth-order valence-corrected chi connectivity index (χ4v) is 3.13. The van der Waals surface area contributed by atoms with E-state index in [1.54, 1.807) is 30.3 Å². The van der Waals surface area contributed by atoms with E-state index in [1.807, 2.05) is 0 Å². The summed E-state index contributed by atoms with van der Waals surface area (Å²) < 4.78 is 2.60. The Morgan fingerprint density at radius 1 is 1.24 bits per heavy atom. The van der Waals surface area contributed by atoms with Crippen molar-refractivity contribution in [2.24, 2.45) is 0 Å². The number of hydrogen-bond acceptors (Lipinski definition) is 6. The number of nitro groups is 1. The molecule has 9 heteroatoms. The SMILES string of the molecule is O=C(O)[C@@H](NSc1ccccc1[N+](=O)[O-])[C@H](O)Cc1ccc(Cl)cc1. The Kier molecular flexibility index (Phi) is 6.77. The lowest BCUT2D eigenvalue weighted by Crippen LogP contribution is -2.44. The molecule has 0 heterocycles. The van der Waals surface area contributed by atoms with Crippen molar-refractivity contribution in [3.63, 3.8) is 0 Å². The molecule has 0 amide bonds. The Morgan fingerprint density at radius 2 is 1.88 bits per heavy atom. The number of para-hydroxylation sites is 1. The molecule has 0 spiro atoms. The topological polar surface area (TPSA) is 113 Å². The highest BCUT2D eigenvalue weighted by Gasteiger charge is 2.27. The molecular formula is C16H15ClN2O5S. The molecule has 0 saturated carbocycles. The van der Waals surface area contributed by atoms with Gasteiger partial charge in [0.15, 0.2) is 0 Å². The molecule has 2 aromatic rings. The van der Waals surface area contributed by atoms with Gasteiger partial charge in [-0.25, -0.2) is 4.72 Å². The molecule has 2 aromatic carbocycles. The first-order chi connectivity index (χ1) is 11.9. The van der Waals surface area contributed by atoms with Crippen molar-refractivity contribution in [3.05, 3.63) is 69.2 Å². The Balaban J connectivity index is 2.07. The zero-order valence-corrected chi connectivity index (χ0v) is 14.4. The summed E-state index contributed by atoms with van der Waals surface area (Å²) >= 11 is 6.59. The van der Waals surface area contributed by atoms with Gasteiger partial charge < -0.3 is 10.2 Å². The minimum atomic E-state index is -1.31. The number of benzene rings is 2. The number of carboxylic acids is 1. The lowest BCUT2D eigenvalue weighted by Gasteiger charge is -2.20. The summed E-state index contributed by atoms with van der Waals surface area (Å²) in [6.07, 6.45) is -1.13. The van der Waals surface area contributed by atoms with Crippen LogP contribution in [0.15, 0.2) is 53.4 Å². The molecule has 3 N–H and O–H groups in total. The molecule has 7 nitrogen and oxygen atoms in total.